The molecular formula is C29H32OSi2. The SMILES string of the molecule is COc1ccc([SiH2]C(CCCc2ccccc2)[SiH](c2ccccc2)c2ccccc2)cc1. The molecule has 0 heterocycles. The molecule has 0 bridgehead atoms. The van der Waals surface area contributed by atoms with Gasteiger partial charge >= 0.3 is 0 Å². The number of hydrogen-bond donors (Lipinski definition) is 0. The lowest BCUT2D eigenvalue weighted by atomic mass is 10.1. The topological polar surface area (TPSA) is 9.23 Å². The van der Waals surface area contributed by atoms with Crippen molar-refractivity contribution in [2.75, 3.05) is 7.11 Å². The van der Waals surface area contributed by atoms with Crippen LogP contribution in [0, 0.1) is 0 Å². The summed E-state index contributed by atoms with van der Waals surface area (Å²) in [4.78, 5) is 0. The second-order valence-electron chi connectivity index (χ2n) is 8.49. The largest absolute Gasteiger partial charge is 0.497 e. The number of methoxy groups -OCH3 is 1. The van der Waals surface area contributed by atoms with Gasteiger partial charge in [0.1, 0.15) is 14.5 Å². The number of aryl methyl sites for hydroxylation is 1. The Bertz CT molecular complexity index is 1010. The normalized spacial score (nSPS) is 12.3. The average Bonchev–Trinajstić information content (AvgIpc) is 2.86. The summed E-state index contributed by atoms with van der Waals surface area (Å²) >= 11 is 0. The summed E-state index contributed by atoms with van der Waals surface area (Å²) in [5.41, 5.74) is 1.45. The minimum atomic E-state index is -1.35. The van der Waals surface area contributed by atoms with Crippen LogP contribution in [0.15, 0.2) is 115 Å². The Hall–Kier alpha value is -2.89. The molecule has 0 radical (unpaired) electrons. The molecule has 1 unspecified atom stereocenters. The Kier molecular flexibility index (Phi) is 8.13. The van der Waals surface area contributed by atoms with Gasteiger partial charge in [0, 0.05) is 0 Å². The van der Waals surface area contributed by atoms with Crippen molar-refractivity contribution in [3.8, 4) is 5.75 Å². The van der Waals surface area contributed by atoms with E-state index in [0.717, 1.165) is 10.9 Å². The maximum Gasteiger partial charge on any atom is 0.118 e. The van der Waals surface area contributed by atoms with E-state index in [0.29, 0.717) is 0 Å². The van der Waals surface area contributed by atoms with E-state index in [-0.39, 0.29) is 0 Å². The summed E-state index contributed by atoms with van der Waals surface area (Å²) in [6.07, 6.45) is 3.72. The third-order valence-corrected chi connectivity index (χ3v) is 13.8. The van der Waals surface area contributed by atoms with E-state index in [2.05, 4.69) is 115 Å². The molecule has 3 heteroatoms. The minimum absolute atomic E-state index is 0.450. The van der Waals surface area contributed by atoms with Gasteiger partial charge in [0.2, 0.25) is 0 Å². The number of rotatable bonds is 10. The van der Waals surface area contributed by atoms with Crippen molar-refractivity contribution in [2.24, 2.45) is 0 Å². The highest BCUT2D eigenvalue weighted by Gasteiger charge is 2.27. The first-order valence-corrected chi connectivity index (χ1v) is 14.9. The molecular weight excluding hydrogens is 420 g/mol. The van der Waals surface area contributed by atoms with E-state index < -0.39 is 18.3 Å². The van der Waals surface area contributed by atoms with Crippen LogP contribution in [0.1, 0.15) is 18.4 Å². The van der Waals surface area contributed by atoms with Gasteiger partial charge < -0.3 is 4.74 Å². The Morgan fingerprint density at radius 3 is 1.75 bits per heavy atom. The highest BCUT2D eigenvalue weighted by atomic mass is 28.3. The zero-order valence-electron chi connectivity index (χ0n) is 18.9. The van der Waals surface area contributed by atoms with E-state index in [1.54, 1.807) is 22.7 Å². The predicted octanol–water partition coefficient (Wildman–Crippen LogP) is 3.88. The molecule has 162 valence electrons. The van der Waals surface area contributed by atoms with Crippen molar-refractivity contribution < 1.29 is 4.74 Å². The smallest absolute Gasteiger partial charge is 0.118 e. The summed E-state index contributed by atoms with van der Waals surface area (Å²) in [5, 5.41) is 5.48. The van der Waals surface area contributed by atoms with E-state index in [9.17, 15) is 0 Å². The van der Waals surface area contributed by atoms with Crippen molar-refractivity contribution >= 4 is 33.9 Å². The maximum atomic E-state index is 5.40. The third-order valence-electron chi connectivity index (χ3n) is 6.33. The van der Waals surface area contributed by atoms with Crippen molar-refractivity contribution in [2.45, 2.75) is 24.4 Å². The Balaban J connectivity index is 1.62. The van der Waals surface area contributed by atoms with Crippen LogP contribution in [-0.4, -0.2) is 25.4 Å². The number of hydrogen-bond acceptors (Lipinski definition) is 1. The molecule has 0 aromatic heterocycles. The molecule has 0 saturated carbocycles. The van der Waals surface area contributed by atoms with Crippen molar-refractivity contribution in [3.63, 3.8) is 0 Å². The van der Waals surface area contributed by atoms with Crippen LogP contribution in [0.3, 0.4) is 0 Å². The lowest BCUT2D eigenvalue weighted by Gasteiger charge is -2.27. The van der Waals surface area contributed by atoms with E-state index in [1.807, 2.05) is 0 Å². The third kappa shape index (κ3) is 6.09. The molecule has 4 rings (SSSR count). The quantitative estimate of drug-likeness (QED) is 0.332. The zero-order chi connectivity index (χ0) is 22.0. The van der Waals surface area contributed by atoms with Crippen molar-refractivity contribution in [1.29, 1.82) is 0 Å². The monoisotopic (exact) mass is 452 g/mol. The molecule has 0 spiro atoms. The Morgan fingerprint density at radius 1 is 0.688 bits per heavy atom. The standard InChI is InChI=1S/C29H32OSi2/c1-30-25-20-22-26(23-21-25)31-29(19-11-14-24-12-5-2-6-13-24)32(27-15-7-3-8-16-27)28-17-9-4-10-18-28/h2-10,12-13,15-18,20-23,29,32H,11,14,19,31H2,1H3. The summed E-state index contributed by atoms with van der Waals surface area (Å²) in [6, 6.07) is 42.5. The van der Waals surface area contributed by atoms with Gasteiger partial charge in [-0.2, -0.15) is 0 Å². The molecule has 4 aromatic rings. The molecule has 0 aliphatic carbocycles. The fourth-order valence-corrected chi connectivity index (χ4v) is 13.0. The van der Waals surface area contributed by atoms with Crippen LogP contribution in [0.5, 0.6) is 5.75 Å². The van der Waals surface area contributed by atoms with Crippen molar-refractivity contribution in [1.82, 2.24) is 0 Å². The van der Waals surface area contributed by atoms with Gasteiger partial charge in [-0.25, -0.2) is 0 Å². The molecule has 1 atom stereocenters. The van der Waals surface area contributed by atoms with E-state index >= 15 is 0 Å². The van der Waals surface area contributed by atoms with Gasteiger partial charge in [0.15, 0.2) is 0 Å². The molecule has 0 amide bonds. The van der Waals surface area contributed by atoms with Gasteiger partial charge in [-0.05, 0) is 35.7 Å². The van der Waals surface area contributed by atoms with Gasteiger partial charge in [-0.15, -0.1) is 0 Å². The highest BCUT2D eigenvalue weighted by Crippen LogP contribution is 2.20. The van der Waals surface area contributed by atoms with Crippen LogP contribution in [0.4, 0.5) is 0 Å². The predicted molar refractivity (Wildman–Crippen MR) is 144 cm³/mol. The highest BCUT2D eigenvalue weighted by molar-refractivity contribution is 6.93. The fourth-order valence-electron chi connectivity index (χ4n) is 4.72. The van der Waals surface area contributed by atoms with Crippen molar-refractivity contribution in [3.05, 3.63) is 121 Å². The lowest BCUT2D eigenvalue weighted by Crippen LogP contribution is -2.49. The first-order valence-electron chi connectivity index (χ1n) is 11.6. The maximum absolute atomic E-state index is 5.40. The van der Waals surface area contributed by atoms with Crippen LogP contribution in [0.25, 0.3) is 0 Å². The average molecular weight is 453 g/mol. The molecule has 1 nitrogen and oxygen atoms in total. The van der Waals surface area contributed by atoms with Gasteiger partial charge in [0.25, 0.3) is 0 Å². The second kappa shape index (κ2) is 11.7. The van der Waals surface area contributed by atoms with Crippen LogP contribution in [-0.2, 0) is 6.42 Å². The molecule has 0 saturated heterocycles. The van der Waals surface area contributed by atoms with Crippen LogP contribution < -0.4 is 20.3 Å². The first-order chi connectivity index (χ1) is 15.8. The Labute approximate surface area is 196 Å². The lowest BCUT2D eigenvalue weighted by molar-refractivity contribution is 0.415. The van der Waals surface area contributed by atoms with Gasteiger partial charge in [-0.1, -0.05) is 125 Å². The van der Waals surface area contributed by atoms with Crippen LogP contribution in [0.2, 0.25) is 5.16 Å². The number of ether oxygens (including phenoxy) is 1. The zero-order valence-corrected chi connectivity index (χ0v) is 21.4. The Morgan fingerprint density at radius 2 is 1.22 bits per heavy atom. The first kappa shape index (κ1) is 22.3. The summed E-state index contributed by atoms with van der Waals surface area (Å²) in [5.74, 6) is 0.947. The van der Waals surface area contributed by atoms with E-state index in [1.165, 1.54) is 24.8 Å². The molecule has 0 aliphatic heterocycles. The van der Waals surface area contributed by atoms with Gasteiger partial charge in [0.05, 0.1) is 16.6 Å². The second-order valence-corrected chi connectivity index (χ2v) is 14.9. The van der Waals surface area contributed by atoms with Crippen LogP contribution >= 0.6 is 0 Å². The van der Waals surface area contributed by atoms with Gasteiger partial charge in [-0.3, -0.25) is 0 Å². The summed E-state index contributed by atoms with van der Waals surface area (Å²) in [6.45, 7) is 0. The molecule has 4 aromatic carbocycles. The molecule has 0 aliphatic rings. The van der Waals surface area contributed by atoms with E-state index in [4.69, 9.17) is 4.74 Å². The summed E-state index contributed by atoms with van der Waals surface area (Å²) < 4.78 is 5.40. The molecule has 0 N–H and O–H groups in total. The molecule has 32 heavy (non-hydrogen) atoms. The fraction of sp³-hybridized carbons (Fsp3) is 0.172. The minimum Gasteiger partial charge on any atom is -0.497 e. The molecule has 0 fully saturated rings. The number of benzene rings is 4. The summed E-state index contributed by atoms with van der Waals surface area (Å²) in [7, 11) is -0.0572.